The van der Waals surface area contributed by atoms with Crippen molar-refractivity contribution in [2.24, 2.45) is 0 Å². The summed E-state index contributed by atoms with van der Waals surface area (Å²) in [5, 5.41) is 5.45. The number of aryl methyl sites for hydroxylation is 2. The Balaban J connectivity index is 1.68. The molecule has 0 saturated carbocycles. The van der Waals surface area contributed by atoms with Crippen LogP contribution in [0, 0.1) is 13.8 Å². The summed E-state index contributed by atoms with van der Waals surface area (Å²) < 4.78 is 6.47. The number of amides is 2. The van der Waals surface area contributed by atoms with Crippen molar-refractivity contribution >= 4 is 33.4 Å². The highest BCUT2D eigenvalue weighted by Crippen LogP contribution is 2.18. The predicted octanol–water partition coefficient (Wildman–Crippen LogP) is 3.59. The lowest BCUT2D eigenvalue weighted by Gasteiger charge is -2.10. The Morgan fingerprint density at radius 1 is 1.04 bits per heavy atom. The molecule has 0 bridgehead atoms. The summed E-state index contributed by atoms with van der Waals surface area (Å²) in [4.78, 5) is 23.7. The average Bonchev–Trinajstić information content (AvgIpc) is 2.58. The van der Waals surface area contributed by atoms with E-state index in [0.29, 0.717) is 5.75 Å². The molecule has 0 aliphatic carbocycles. The second-order valence-electron chi connectivity index (χ2n) is 5.71. The molecule has 0 atom stereocenters. The van der Waals surface area contributed by atoms with E-state index in [-0.39, 0.29) is 31.4 Å². The Labute approximate surface area is 155 Å². The number of benzene rings is 2. The fourth-order valence-electron chi connectivity index (χ4n) is 2.13. The first-order valence-electron chi connectivity index (χ1n) is 7.96. The first-order valence-corrected chi connectivity index (χ1v) is 8.75. The molecule has 0 heterocycles. The zero-order valence-electron chi connectivity index (χ0n) is 14.3. The van der Waals surface area contributed by atoms with Crippen molar-refractivity contribution in [2.45, 2.75) is 20.3 Å². The van der Waals surface area contributed by atoms with Gasteiger partial charge in [0.25, 0.3) is 5.91 Å². The van der Waals surface area contributed by atoms with Crippen molar-refractivity contribution in [2.75, 3.05) is 18.5 Å². The highest BCUT2D eigenvalue weighted by Gasteiger charge is 2.07. The third-order valence-corrected chi connectivity index (χ3v) is 4.03. The lowest BCUT2D eigenvalue weighted by molar-refractivity contribution is -0.123. The molecule has 0 fully saturated rings. The minimum absolute atomic E-state index is 0.0708. The molecule has 0 unspecified atom stereocenters. The smallest absolute Gasteiger partial charge is 0.257 e. The number of ether oxygens (including phenoxy) is 1. The molecule has 6 heteroatoms. The van der Waals surface area contributed by atoms with Gasteiger partial charge in [0, 0.05) is 23.1 Å². The van der Waals surface area contributed by atoms with E-state index in [2.05, 4.69) is 26.6 Å². The van der Waals surface area contributed by atoms with Gasteiger partial charge in [-0.3, -0.25) is 9.59 Å². The minimum atomic E-state index is -0.252. The molecule has 2 N–H and O–H groups in total. The van der Waals surface area contributed by atoms with Crippen molar-refractivity contribution in [1.29, 1.82) is 0 Å². The Hall–Kier alpha value is -2.34. The van der Waals surface area contributed by atoms with Gasteiger partial charge in [0.1, 0.15) is 5.75 Å². The summed E-state index contributed by atoms with van der Waals surface area (Å²) in [5.41, 5.74) is 2.77. The van der Waals surface area contributed by atoms with E-state index in [1.807, 2.05) is 44.2 Å². The van der Waals surface area contributed by atoms with E-state index in [0.717, 1.165) is 21.3 Å². The van der Waals surface area contributed by atoms with E-state index >= 15 is 0 Å². The van der Waals surface area contributed by atoms with Gasteiger partial charge in [0.15, 0.2) is 6.61 Å². The van der Waals surface area contributed by atoms with Gasteiger partial charge in [0.2, 0.25) is 5.91 Å². The summed E-state index contributed by atoms with van der Waals surface area (Å²) in [5.74, 6) is 0.290. The van der Waals surface area contributed by atoms with Gasteiger partial charge in [-0.2, -0.15) is 0 Å². The number of carbonyl (C=O) groups excluding carboxylic acids is 2. The third kappa shape index (κ3) is 6.58. The number of halogens is 1. The maximum Gasteiger partial charge on any atom is 0.257 e. The molecule has 0 spiro atoms. The van der Waals surface area contributed by atoms with E-state index in [1.54, 1.807) is 12.1 Å². The van der Waals surface area contributed by atoms with Crippen molar-refractivity contribution in [3.05, 3.63) is 58.1 Å². The molecule has 2 amide bonds. The predicted molar refractivity (Wildman–Crippen MR) is 102 cm³/mol. The van der Waals surface area contributed by atoms with Crippen LogP contribution in [-0.2, 0) is 9.59 Å². The van der Waals surface area contributed by atoms with Crippen molar-refractivity contribution < 1.29 is 14.3 Å². The van der Waals surface area contributed by atoms with E-state index in [4.69, 9.17) is 4.74 Å². The summed E-state index contributed by atoms with van der Waals surface area (Å²) in [7, 11) is 0. The molecule has 2 rings (SSSR count). The number of hydrogen-bond donors (Lipinski definition) is 2. The average molecular weight is 405 g/mol. The lowest BCUT2D eigenvalue weighted by Crippen LogP contribution is -2.31. The van der Waals surface area contributed by atoms with Crippen LogP contribution in [0.25, 0.3) is 0 Å². The topological polar surface area (TPSA) is 67.4 Å². The number of anilines is 1. The quantitative estimate of drug-likeness (QED) is 0.740. The van der Waals surface area contributed by atoms with Crippen molar-refractivity contribution in [3.8, 4) is 5.75 Å². The SMILES string of the molecule is Cc1ccc(C)c(OCC(=O)NCCC(=O)Nc2ccc(Br)cc2)c1. The van der Waals surface area contributed by atoms with E-state index < -0.39 is 0 Å². The molecule has 132 valence electrons. The maximum atomic E-state index is 11.8. The van der Waals surface area contributed by atoms with Gasteiger partial charge >= 0.3 is 0 Å². The summed E-state index contributed by atoms with van der Waals surface area (Å²) in [6, 6.07) is 13.1. The molecule has 5 nitrogen and oxygen atoms in total. The molecular formula is C19H21BrN2O3. The second kappa shape index (κ2) is 9.22. The molecule has 0 aliphatic rings. The number of hydrogen-bond acceptors (Lipinski definition) is 3. The van der Waals surface area contributed by atoms with Crippen LogP contribution in [0.1, 0.15) is 17.5 Å². The molecule has 2 aromatic carbocycles. The fourth-order valence-corrected chi connectivity index (χ4v) is 2.39. The lowest BCUT2D eigenvalue weighted by atomic mass is 10.1. The highest BCUT2D eigenvalue weighted by atomic mass is 79.9. The fraction of sp³-hybridized carbons (Fsp3) is 0.263. The third-order valence-electron chi connectivity index (χ3n) is 3.50. The zero-order chi connectivity index (χ0) is 18.2. The van der Waals surface area contributed by atoms with Crippen molar-refractivity contribution in [1.82, 2.24) is 5.32 Å². The molecule has 0 radical (unpaired) electrons. The Kier molecular flexibility index (Phi) is 7.01. The summed E-state index contributed by atoms with van der Waals surface area (Å²) >= 11 is 3.34. The van der Waals surface area contributed by atoms with Crippen molar-refractivity contribution in [3.63, 3.8) is 0 Å². The van der Waals surface area contributed by atoms with Crippen LogP contribution in [0.4, 0.5) is 5.69 Å². The van der Waals surface area contributed by atoms with Crippen LogP contribution in [0.5, 0.6) is 5.75 Å². The highest BCUT2D eigenvalue weighted by molar-refractivity contribution is 9.10. The molecular weight excluding hydrogens is 384 g/mol. The molecule has 0 aliphatic heterocycles. The molecule has 0 saturated heterocycles. The largest absolute Gasteiger partial charge is 0.483 e. The number of carbonyl (C=O) groups is 2. The second-order valence-corrected chi connectivity index (χ2v) is 6.63. The van der Waals surface area contributed by atoms with Gasteiger partial charge in [0.05, 0.1) is 0 Å². The Morgan fingerprint density at radius 2 is 1.76 bits per heavy atom. The van der Waals surface area contributed by atoms with Gasteiger partial charge in [-0.05, 0) is 55.3 Å². The normalized spacial score (nSPS) is 10.2. The van der Waals surface area contributed by atoms with Crippen LogP contribution >= 0.6 is 15.9 Å². The molecule has 2 aromatic rings. The molecule has 25 heavy (non-hydrogen) atoms. The van der Waals surface area contributed by atoms with Crippen LogP contribution < -0.4 is 15.4 Å². The maximum absolute atomic E-state index is 11.8. The van der Waals surface area contributed by atoms with Gasteiger partial charge in [-0.25, -0.2) is 0 Å². The van der Waals surface area contributed by atoms with E-state index in [1.165, 1.54) is 0 Å². The number of nitrogens with one attached hydrogen (secondary N) is 2. The zero-order valence-corrected chi connectivity index (χ0v) is 15.9. The van der Waals surface area contributed by atoms with Gasteiger partial charge in [-0.1, -0.05) is 28.1 Å². The standard InChI is InChI=1S/C19H21BrN2O3/c1-13-3-4-14(2)17(11-13)25-12-19(24)21-10-9-18(23)22-16-7-5-15(20)6-8-16/h3-8,11H,9-10,12H2,1-2H3,(H,21,24)(H,22,23). The van der Waals surface area contributed by atoms with E-state index in [9.17, 15) is 9.59 Å². The Bertz CT molecular complexity index is 745. The van der Waals surface area contributed by atoms with Crippen LogP contribution in [0.2, 0.25) is 0 Å². The van der Waals surface area contributed by atoms with Crippen LogP contribution in [0.3, 0.4) is 0 Å². The van der Waals surface area contributed by atoms with Gasteiger partial charge in [-0.15, -0.1) is 0 Å². The number of rotatable bonds is 7. The minimum Gasteiger partial charge on any atom is -0.483 e. The first-order chi connectivity index (χ1) is 11.9. The Morgan fingerprint density at radius 3 is 2.48 bits per heavy atom. The summed E-state index contributed by atoms with van der Waals surface area (Å²) in [6.07, 6.45) is 0.200. The first kappa shape index (κ1) is 19.0. The van der Waals surface area contributed by atoms with Crippen LogP contribution in [0.15, 0.2) is 46.9 Å². The summed E-state index contributed by atoms with van der Waals surface area (Å²) in [6.45, 7) is 4.09. The monoisotopic (exact) mass is 404 g/mol. The molecule has 0 aromatic heterocycles. The van der Waals surface area contributed by atoms with Crippen LogP contribution in [-0.4, -0.2) is 25.0 Å². The van der Waals surface area contributed by atoms with Gasteiger partial charge < -0.3 is 15.4 Å².